The van der Waals surface area contributed by atoms with Crippen LogP contribution in [0, 0.1) is 4.77 Å². The number of amides is 1. The zero-order valence-corrected chi connectivity index (χ0v) is 14.4. The normalized spacial score (nSPS) is 10.6. The van der Waals surface area contributed by atoms with Crippen LogP contribution in [0.25, 0.3) is 10.9 Å². The summed E-state index contributed by atoms with van der Waals surface area (Å²) in [7, 11) is 0. The number of ether oxygens (including phenoxy) is 1. The fourth-order valence-corrected chi connectivity index (χ4v) is 2.60. The third-order valence-electron chi connectivity index (χ3n) is 3.57. The highest BCUT2D eigenvalue weighted by Gasteiger charge is 2.09. The first kappa shape index (κ1) is 16.9. The Morgan fingerprint density at radius 3 is 2.84 bits per heavy atom. The molecule has 1 heterocycles. The number of nitrogens with one attached hydrogen (secondary N) is 3. The largest absolute Gasteiger partial charge is 0.494 e. The number of hydrogen-bond acceptors (Lipinski definition) is 4. The minimum Gasteiger partial charge on any atom is -0.494 e. The van der Waals surface area contributed by atoms with Crippen molar-refractivity contribution in [1.29, 1.82) is 0 Å². The number of anilines is 1. The Hall–Kier alpha value is -2.93. The van der Waals surface area contributed by atoms with Gasteiger partial charge in [-0.15, -0.1) is 0 Å². The summed E-state index contributed by atoms with van der Waals surface area (Å²) < 4.78 is 5.78. The molecule has 3 rings (SSSR count). The Bertz CT molecular complexity index is 1040. The fraction of sp³-hybridized carbons (Fsp3) is 0.167. The molecule has 0 unspecified atom stereocenters. The van der Waals surface area contributed by atoms with Gasteiger partial charge in [0.2, 0.25) is 0 Å². The predicted octanol–water partition coefficient (Wildman–Crippen LogP) is 3.63. The van der Waals surface area contributed by atoms with Crippen LogP contribution in [0.15, 0.2) is 47.3 Å². The minimum atomic E-state index is -0.286. The molecular weight excluding hydrogens is 338 g/mol. The summed E-state index contributed by atoms with van der Waals surface area (Å²) in [4.78, 5) is 29.7. The standard InChI is InChI=1S/C18H17N3O3S/c1-2-8-24-13-5-3-4-12(10-13)19-16(22)11-6-7-14-15(9-11)20-18(25)21-17(14)23/h3-7,9-10H,2,8H2,1H3,(H,19,22)(H2,20,21,23,25). The van der Waals surface area contributed by atoms with Crippen molar-refractivity contribution in [2.24, 2.45) is 0 Å². The van der Waals surface area contributed by atoms with Crippen LogP contribution in [0.2, 0.25) is 0 Å². The lowest BCUT2D eigenvalue weighted by Gasteiger charge is -2.09. The average molecular weight is 355 g/mol. The Labute approximate surface area is 148 Å². The second-order valence-corrected chi connectivity index (χ2v) is 5.91. The molecule has 0 aliphatic rings. The molecule has 0 spiro atoms. The van der Waals surface area contributed by atoms with E-state index in [0.717, 1.165) is 6.42 Å². The molecule has 0 bridgehead atoms. The number of aromatic amines is 2. The summed E-state index contributed by atoms with van der Waals surface area (Å²) in [5.41, 5.74) is 1.29. The van der Waals surface area contributed by atoms with Gasteiger partial charge in [-0.3, -0.25) is 14.6 Å². The number of aromatic nitrogens is 2. The number of benzene rings is 2. The van der Waals surface area contributed by atoms with Crippen molar-refractivity contribution < 1.29 is 9.53 Å². The summed E-state index contributed by atoms with van der Waals surface area (Å²) in [6.07, 6.45) is 0.911. The van der Waals surface area contributed by atoms with E-state index < -0.39 is 0 Å². The van der Waals surface area contributed by atoms with Crippen LogP contribution >= 0.6 is 12.2 Å². The number of carbonyl (C=O) groups is 1. The monoisotopic (exact) mass is 355 g/mol. The van der Waals surface area contributed by atoms with E-state index in [1.54, 1.807) is 30.3 Å². The van der Waals surface area contributed by atoms with Crippen LogP contribution in [-0.2, 0) is 0 Å². The molecule has 6 nitrogen and oxygen atoms in total. The van der Waals surface area contributed by atoms with Crippen LogP contribution in [0.5, 0.6) is 5.75 Å². The van der Waals surface area contributed by atoms with Crippen molar-refractivity contribution in [3.05, 3.63) is 63.2 Å². The van der Waals surface area contributed by atoms with Crippen molar-refractivity contribution in [3.8, 4) is 5.75 Å². The zero-order valence-electron chi connectivity index (χ0n) is 13.6. The first-order valence-electron chi connectivity index (χ1n) is 7.87. The molecular formula is C18H17N3O3S. The Kier molecular flexibility index (Phi) is 4.95. The molecule has 0 atom stereocenters. The maximum absolute atomic E-state index is 12.5. The molecule has 128 valence electrons. The van der Waals surface area contributed by atoms with E-state index in [2.05, 4.69) is 15.3 Å². The van der Waals surface area contributed by atoms with Crippen molar-refractivity contribution in [2.45, 2.75) is 13.3 Å². The molecule has 0 radical (unpaired) electrons. The van der Waals surface area contributed by atoms with E-state index in [9.17, 15) is 9.59 Å². The Morgan fingerprint density at radius 1 is 1.20 bits per heavy atom. The summed E-state index contributed by atoms with van der Waals surface area (Å²) in [5, 5.41) is 3.27. The lowest BCUT2D eigenvalue weighted by atomic mass is 10.1. The summed E-state index contributed by atoms with van der Waals surface area (Å²) >= 11 is 4.96. The quantitative estimate of drug-likeness (QED) is 0.610. The SMILES string of the molecule is CCCOc1cccc(NC(=O)c2ccc3c(=O)[nH]c(=S)[nH]c3c2)c1. The van der Waals surface area contributed by atoms with Gasteiger partial charge < -0.3 is 15.0 Å². The maximum Gasteiger partial charge on any atom is 0.259 e. The Morgan fingerprint density at radius 2 is 2.04 bits per heavy atom. The third-order valence-corrected chi connectivity index (χ3v) is 3.77. The maximum atomic E-state index is 12.5. The molecule has 0 saturated carbocycles. The third kappa shape index (κ3) is 3.95. The summed E-state index contributed by atoms with van der Waals surface area (Å²) in [6.45, 7) is 2.65. The molecule has 3 aromatic rings. The van der Waals surface area contributed by atoms with Crippen molar-refractivity contribution in [1.82, 2.24) is 9.97 Å². The van der Waals surface area contributed by atoms with Crippen LogP contribution in [0.1, 0.15) is 23.7 Å². The average Bonchev–Trinajstić information content (AvgIpc) is 2.59. The molecule has 0 fully saturated rings. The van der Waals surface area contributed by atoms with Crippen molar-refractivity contribution in [3.63, 3.8) is 0 Å². The molecule has 2 aromatic carbocycles. The van der Waals surface area contributed by atoms with Crippen LogP contribution in [0.3, 0.4) is 0 Å². The number of carbonyl (C=O) groups excluding carboxylic acids is 1. The first-order chi connectivity index (χ1) is 12.1. The fourth-order valence-electron chi connectivity index (χ4n) is 2.40. The molecule has 25 heavy (non-hydrogen) atoms. The molecule has 0 aliphatic carbocycles. The van der Waals surface area contributed by atoms with Crippen LogP contribution in [-0.4, -0.2) is 22.5 Å². The number of rotatable bonds is 5. The second kappa shape index (κ2) is 7.31. The van der Waals surface area contributed by atoms with E-state index in [-0.39, 0.29) is 16.2 Å². The topological polar surface area (TPSA) is 87.0 Å². The van der Waals surface area contributed by atoms with Gasteiger partial charge in [-0.2, -0.15) is 0 Å². The zero-order chi connectivity index (χ0) is 17.8. The smallest absolute Gasteiger partial charge is 0.259 e. The second-order valence-electron chi connectivity index (χ2n) is 5.50. The summed E-state index contributed by atoms with van der Waals surface area (Å²) in [5.74, 6) is 0.419. The van der Waals surface area contributed by atoms with Gasteiger partial charge in [-0.1, -0.05) is 13.0 Å². The van der Waals surface area contributed by atoms with Gasteiger partial charge in [0.25, 0.3) is 11.5 Å². The number of fused-ring (bicyclic) bond motifs is 1. The van der Waals surface area contributed by atoms with Gasteiger partial charge in [0.15, 0.2) is 4.77 Å². The lowest BCUT2D eigenvalue weighted by molar-refractivity contribution is 0.102. The molecule has 1 aromatic heterocycles. The van der Waals surface area contributed by atoms with E-state index in [0.29, 0.717) is 34.5 Å². The van der Waals surface area contributed by atoms with Gasteiger partial charge in [0.1, 0.15) is 5.75 Å². The predicted molar refractivity (Wildman–Crippen MR) is 99.9 cm³/mol. The van der Waals surface area contributed by atoms with Gasteiger partial charge in [0, 0.05) is 17.3 Å². The van der Waals surface area contributed by atoms with Crippen molar-refractivity contribution >= 4 is 34.7 Å². The van der Waals surface area contributed by atoms with Crippen LogP contribution in [0.4, 0.5) is 5.69 Å². The minimum absolute atomic E-state index is 0.218. The highest BCUT2D eigenvalue weighted by molar-refractivity contribution is 7.71. The van der Waals surface area contributed by atoms with Gasteiger partial charge in [0.05, 0.1) is 17.5 Å². The molecule has 0 aliphatic heterocycles. The van der Waals surface area contributed by atoms with E-state index in [1.807, 2.05) is 19.1 Å². The molecule has 1 amide bonds. The van der Waals surface area contributed by atoms with Gasteiger partial charge in [-0.25, -0.2) is 0 Å². The number of hydrogen-bond donors (Lipinski definition) is 3. The molecule has 3 N–H and O–H groups in total. The molecule has 0 saturated heterocycles. The van der Waals surface area contributed by atoms with Gasteiger partial charge in [-0.05, 0) is 49.0 Å². The van der Waals surface area contributed by atoms with Crippen LogP contribution < -0.4 is 15.6 Å². The first-order valence-corrected chi connectivity index (χ1v) is 8.28. The highest BCUT2D eigenvalue weighted by Crippen LogP contribution is 2.19. The molecule has 7 heteroatoms. The lowest BCUT2D eigenvalue weighted by Crippen LogP contribution is -2.13. The van der Waals surface area contributed by atoms with Gasteiger partial charge >= 0.3 is 0 Å². The number of H-pyrrole nitrogens is 2. The van der Waals surface area contributed by atoms with E-state index in [1.165, 1.54) is 0 Å². The summed E-state index contributed by atoms with van der Waals surface area (Å²) in [6, 6.07) is 12.0. The Balaban J connectivity index is 1.85. The van der Waals surface area contributed by atoms with Crippen molar-refractivity contribution in [2.75, 3.05) is 11.9 Å². The van der Waals surface area contributed by atoms with E-state index >= 15 is 0 Å². The van der Waals surface area contributed by atoms with E-state index in [4.69, 9.17) is 17.0 Å². The highest BCUT2D eigenvalue weighted by atomic mass is 32.1.